The molecule has 1 aliphatic heterocycles. The standard InChI is InChI=1S/C18H23N3O3S/c1-14(5-9-21-8-2-7-19-21)20-18(22)6-12-25-15-3-4-16-17(13-15)24-11-10-23-16/h2-4,7-8,13-14H,5-6,9-12H2,1H3,(H,20,22). The van der Waals surface area contributed by atoms with E-state index in [0.29, 0.717) is 19.6 Å². The van der Waals surface area contributed by atoms with Crippen molar-refractivity contribution in [2.24, 2.45) is 0 Å². The van der Waals surface area contributed by atoms with E-state index in [0.717, 1.165) is 35.1 Å². The van der Waals surface area contributed by atoms with Crippen molar-refractivity contribution in [3.8, 4) is 11.5 Å². The van der Waals surface area contributed by atoms with Crippen molar-refractivity contribution < 1.29 is 14.3 Å². The molecule has 25 heavy (non-hydrogen) atoms. The fourth-order valence-corrected chi connectivity index (χ4v) is 3.43. The van der Waals surface area contributed by atoms with Crippen molar-refractivity contribution >= 4 is 17.7 Å². The number of hydrogen-bond donors (Lipinski definition) is 1. The minimum atomic E-state index is 0.0815. The smallest absolute Gasteiger partial charge is 0.221 e. The molecule has 0 fully saturated rings. The third-order valence-corrected chi connectivity index (χ3v) is 4.86. The third-order valence-electron chi connectivity index (χ3n) is 3.87. The number of fused-ring (bicyclic) bond motifs is 1. The average Bonchev–Trinajstić information content (AvgIpc) is 3.13. The lowest BCUT2D eigenvalue weighted by Crippen LogP contribution is -2.33. The average molecular weight is 361 g/mol. The molecule has 1 aromatic heterocycles. The first-order valence-corrected chi connectivity index (χ1v) is 9.48. The number of carbonyl (C=O) groups is 1. The summed E-state index contributed by atoms with van der Waals surface area (Å²) in [7, 11) is 0. The number of ether oxygens (including phenoxy) is 2. The number of aryl methyl sites for hydroxylation is 1. The lowest BCUT2D eigenvalue weighted by Gasteiger charge is -2.18. The molecule has 6 nitrogen and oxygen atoms in total. The zero-order chi connectivity index (χ0) is 17.5. The maximum Gasteiger partial charge on any atom is 0.221 e. The maximum absolute atomic E-state index is 12.0. The Hall–Kier alpha value is -2.15. The Bertz CT molecular complexity index is 691. The normalized spacial score (nSPS) is 14.1. The van der Waals surface area contributed by atoms with Gasteiger partial charge >= 0.3 is 0 Å². The highest BCUT2D eigenvalue weighted by atomic mass is 32.2. The number of benzene rings is 1. The van der Waals surface area contributed by atoms with Crippen molar-refractivity contribution in [1.82, 2.24) is 15.1 Å². The second-order valence-electron chi connectivity index (χ2n) is 5.93. The van der Waals surface area contributed by atoms with Crippen molar-refractivity contribution in [2.45, 2.75) is 37.2 Å². The largest absolute Gasteiger partial charge is 0.486 e. The molecule has 0 bridgehead atoms. The van der Waals surface area contributed by atoms with Crippen LogP contribution in [0.2, 0.25) is 0 Å². The molecule has 2 aromatic rings. The molecule has 0 spiro atoms. The quantitative estimate of drug-likeness (QED) is 0.733. The SMILES string of the molecule is CC(CCn1cccn1)NC(=O)CCSc1ccc2c(c1)OCCO2. The van der Waals surface area contributed by atoms with Crippen LogP contribution in [-0.2, 0) is 11.3 Å². The molecule has 1 atom stereocenters. The van der Waals surface area contributed by atoms with Crippen molar-refractivity contribution in [3.05, 3.63) is 36.7 Å². The zero-order valence-electron chi connectivity index (χ0n) is 14.3. The molecule has 0 radical (unpaired) electrons. The van der Waals surface area contributed by atoms with Gasteiger partial charge in [-0.2, -0.15) is 5.10 Å². The van der Waals surface area contributed by atoms with Crippen LogP contribution in [0.5, 0.6) is 11.5 Å². The second-order valence-corrected chi connectivity index (χ2v) is 7.10. The topological polar surface area (TPSA) is 65.4 Å². The van der Waals surface area contributed by atoms with Crippen LogP contribution in [0.15, 0.2) is 41.6 Å². The fourth-order valence-electron chi connectivity index (χ4n) is 2.55. The minimum Gasteiger partial charge on any atom is -0.486 e. The van der Waals surface area contributed by atoms with E-state index in [1.165, 1.54) is 0 Å². The predicted octanol–water partition coefficient (Wildman–Crippen LogP) is 2.73. The molecule has 1 N–H and O–H groups in total. The molecule has 1 amide bonds. The van der Waals surface area contributed by atoms with Gasteiger partial charge in [-0.15, -0.1) is 11.8 Å². The van der Waals surface area contributed by atoms with Crippen LogP contribution < -0.4 is 14.8 Å². The molecule has 0 saturated carbocycles. The zero-order valence-corrected chi connectivity index (χ0v) is 15.1. The van der Waals surface area contributed by atoms with Gasteiger partial charge in [0.15, 0.2) is 11.5 Å². The lowest BCUT2D eigenvalue weighted by atomic mass is 10.2. The molecular weight excluding hydrogens is 338 g/mol. The van der Waals surface area contributed by atoms with Crippen LogP contribution in [0.1, 0.15) is 19.8 Å². The van der Waals surface area contributed by atoms with Gasteiger partial charge in [0, 0.05) is 42.0 Å². The van der Waals surface area contributed by atoms with Gasteiger partial charge in [-0.05, 0) is 37.6 Å². The van der Waals surface area contributed by atoms with Gasteiger partial charge in [0.25, 0.3) is 0 Å². The Balaban J connectivity index is 1.36. The number of carbonyl (C=O) groups excluding carboxylic acids is 1. The summed E-state index contributed by atoms with van der Waals surface area (Å²) in [6.07, 6.45) is 5.05. The Morgan fingerprint density at radius 1 is 1.36 bits per heavy atom. The molecule has 0 aliphatic carbocycles. The summed E-state index contributed by atoms with van der Waals surface area (Å²) in [6.45, 7) is 4.01. The van der Waals surface area contributed by atoms with Crippen LogP contribution >= 0.6 is 11.8 Å². The van der Waals surface area contributed by atoms with E-state index < -0.39 is 0 Å². The van der Waals surface area contributed by atoms with Crippen molar-refractivity contribution in [1.29, 1.82) is 0 Å². The number of nitrogens with one attached hydrogen (secondary N) is 1. The first-order valence-electron chi connectivity index (χ1n) is 8.50. The monoisotopic (exact) mass is 361 g/mol. The van der Waals surface area contributed by atoms with Crippen LogP contribution in [0.25, 0.3) is 0 Å². The highest BCUT2D eigenvalue weighted by Gasteiger charge is 2.12. The van der Waals surface area contributed by atoms with Crippen molar-refractivity contribution in [2.75, 3.05) is 19.0 Å². The van der Waals surface area contributed by atoms with Crippen LogP contribution in [0.3, 0.4) is 0 Å². The minimum absolute atomic E-state index is 0.0815. The van der Waals surface area contributed by atoms with Gasteiger partial charge in [0.2, 0.25) is 5.91 Å². The molecule has 3 rings (SSSR count). The second kappa shape index (κ2) is 8.80. The van der Waals surface area contributed by atoms with E-state index in [2.05, 4.69) is 10.4 Å². The van der Waals surface area contributed by atoms with Gasteiger partial charge in [0.1, 0.15) is 13.2 Å². The fraction of sp³-hybridized carbons (Fsp3) is 0.444. The maximum atomic E-state index is 12.0. The molecule has 7 heteroatoms. The van der Waals surface area contributed by atoms with Gasteiger partial charge in [-0.3, -0.25) is 9.48 Å². The van der Waals surface area contributed by atoms with Crippen LogP contribution in [-0.4, -0.2) is 40.7 Å². The summed E-state index contributed by atoms with van der Waals surface area (Å²) in [6, 6.07) is 7.94. The number of thioether (sulfide) groups is 1. The highest BCUT2D eigenvalue weighted by Crippen LogP contribution is 2.34. The Labute approximate surface area is 151 Å². The highest BCUT2D eigenvalue weighted by molar-refractivity contribution is 7.99. The third kappa shape index (κ3) is 5.42. The van der Waals surface area contributed by atoms with Gasteiger partial charge < -0.3 is 14.8 Å². The summed E-state index contributed by atoms with van der Waals surface area (Å²) in [5.41, 5.74) is 0. The lowest BCUT2D eigenvalue weighted by molar-refractivity contribution is -0.121. The summed E-state index contributed by atoms with van der Waals surface area (Å²) >= 11 is 1.65. The van der Waals surface area contributed by atoms with E-state index >= 15 is 0 Å². The van der Waals surface area contributed by atoms with E-state index in [-0.39, 0.29) is 11.9 Å². The Morgan fingerprint density at radius 3 is 3.00 bits per heavy atom. The molecular formula is C18H23N3O3S. The molecule has 1 aliphatic rings. The number of hydrogen-bond acceptors (Lipinski definition) is 5. The van der Waals surface area contributed by atoms with Crippen LogP contribution in [0, 0.1) is 0 Å². The molecule has 2 heterocycles. The number of nitrogens with zero attached hydrogens (tertiary/aromatic N) is 2. The molecule has 134 valence electrons. The summed E-state index contributed by atoms with van der Waals surface area (Å²) in [5.74, 6) is 2.39. The Morgan fingerprint density at radius 2 is 2.20 bits per heavy atom. The van der Waals surface area contributed by atoms with Crippen LogP contribution in [0.4, 0.5) is 0 Å². The van der Waals surface area contributed by atoms with Crippen molar-refractivity contribution in [3.63, 3.8) is 0 Å². The van der Waals surface area contributed by atoms with E-state index in [1.807, 2.05) is 42.1 Å². The first-order chi connectivity index (χ1) is 12.2. The van der Waals surface area contributed by atoms with E-state index in [9.17, 15) is 4.79 Å². The summed E-state index contributed by atoms with van der Waals surface area (Å²) < 4.78 is 13.0. The van der Waals surface area contributed by atoms with Gasteiger partial charge in [0.05, 0.1) is 0 Å². The molecule has 1 aromatic carbocycles. The number of amides is 1. The Kier molecular flexibility index (Phi) is 6.22. The molecule has 0 saturated heterocycles. The van der Waals surface area contributed by atoms with E-state index in [1.54, 1.807) is 18.0 Å². The van der Waals surface area contributed by atoms with Gasteiger partial charge in [-0.25, -0.2) is 0 Å². The molecule has 1 unspecified atom stereocenters. The summed E-state index contributed by atoms with van der Waals surface area (Å²) in [5, 5.41) is 7.20. The predicted molar refractivity (Wildman–Crippen MR) is 97.2 cm³/mol. The van der Waals surface area contributed by atoms with Gasteiger partial charge in [-0.1, -0.05) is 0 Å². The van der Waals surface area contributed by atoms with E-state index in [4.69, 9.17) is 9.47 Å². The first kappa shape index (κ1) is 17.7. The summed E-state index contributed by atoms with van der Waals surface area (Å²) in [4.78, 5) is 13.1. The number of aromatic nitrogens is 2. The number of rotatable bonds is 8.